The molecule has 3 rings (SSSR count). The van der Waals surface area contributed by atoms with E-state index >= 15 is 0 Å². The van der Waals surface area contributed by atoms with E-state index in [0.29, 0.717) is 23.3 Å². The lowest BCUT2D eigenvalue weighted by Gasteiger charge is -2.22. The van der Waals surface area contributed by atoms with Gasteiger partial charge >= 0.3 is 0 Å². The molecule has 0 saturated carbocycles. The molecule has 22 heavy (non-hydrogen) atoms. The van der Waals surface area contributed by atoms with Gasteiger partial charge in [-0.3, -0.25) is 9.48 Å². The second-order valence-corrected chi connectivity index (χ2v) is 5.86. The van der Waals surface area contributed by atoms with E-state index in [2.05, 4.69) is 15.7 Å². The number of benzene rings is 1. The van der Waals surface area contributed by atoms with Crippen LogP contribution in [0.25, 0.3) is 0 Å². The zero-order chi connectivity index (χ0) is 15.4. The molecule has 1 aromatic heterocycles. The Morgan fingerprint density at radius 1 is 1.41 bits per heavy atom. The van der Waals surface area contributed by atoms with Gasteiger partial charge in [-0.1, -0.05) is 29.8 Å². The Hall–Kier alpha value is -1.85. The fourth-order valence-corrected chi connectivity index (χ4v) is 2.83. The van der Waals surface area contributed by atoms with Gasteiger partial charge in [-0.15, -0.1) is 0 Å². The van der Waals surface area contributed by atoms with Crippen molar-refractivity contribution in [3.05, 3.63) is 52.8 Å². The zero-order valence-electron chi connectivity index (χ0n) is 12.3. The summed E-state index contributed by atoms with van der Waals surface area (Å²) in [5.41, 5.74) is 1.34. The molecular formula is C16H19ClN4O. The molecule has 6 heteroatoms. The normalized spacial score (nSPS) is 18.1. The van der Waals surface area contributed by atoms with Crippen LogP contribution in [-0.2, 0) is 6.54 Å². The minimum atomic E-state index is -0.178. The van der Waals surface area contributed by atoms with Gasteiger partial charge in [0.1, 0.15) is 5.69 Å². The third-order valence-corrected chi connectivity index (χ3v) is 4.25. The first kappa shape index (κ1) is 15.1. The van der Waals surface area contributed by atoms with Gasteiger partial charge in [-0.05, 0) is 37.1 Å². The Kier molecular flexibility index (Phi) is 4.75. The topological polar surface area (TPSA) is 59.0 Å². The van der Waals surface area contributed by atoms with E-state index in [1.54, 1.807) is 6.07 Å². The SMILES string of the molecule is O=C(NCc1ccccc1Cl)c1ccn(C2CCCNC2)n1. The third-order valence-electron chi connectivity index (χ3n) is 3.88. The van der Waals surface area contributed by atoms with Crippen molar-refractivity contribution < 1.29 is 4.79 Å². The highest BCUT2D eigenvalue weighted by Crippen LogP contribution is 2.16. The summed E-state index contributed by atoms with van der Waals surface area (Å²) in [6, 6.07) is 9.57. The van der Waals surface area contributed by atoms with Crippen LogP contribution in [0.5, 0.6) is 0 Å². The summed E-state index contributed by atoms with van der Waals surface area (Å²) < 4.78 is 1.89. The van der Waals surface area contributed by atoms with Gasteiger partial charge in [0.2, 0.25) is 0 Å². The van der Waals surface area contributed by atoms with Crippen LogP contribution in [0.2, 0.25) is 5.02 Å². The number of hydrogen-bond acceptors (Lipinski definition) is 3. The van der Waals surface area contributed by atoms with Crippen molar-refractivity contribution in [2.45, 2.75) is 25.4 Å². The van der Waals surface area contributed by atoms with Crippen molar-refractivity contribution in [3.8, 4) is 0 Å². The van der Waals surface area contributed by atoms with Crippen LogP contribution < -0.4 is 10.6 Å². The largest absolute Gasteiger partial charge is 0.347 e. The average Bonchev–Trinajstić information content (AvgIpc) is 3.05. The lowest BCUT2D eigenvalue weighted by Crippen LogP contribution is -2.32. The molecule has 1 saturated heterocycles. The molecule has 1 unspecified atom stereocenters. The number of halogens is 1. The van der Waals surface area contributed by atoms with Gasteiger partial charge < -0.3 is 10.6 Å². The highest BCUT2D eigenvalue weighted by atomic mass is 35.5. The molecule has 1 aliphatic heterocycles. The quantitative estimate of drug-likeness (QED) is 0.910. The molecule has 1 aliphatic rings. The monoisotopic (exact) mass is 318 g/mol. The van der Waals surface area contributed by atoms with Gasteiger partial charge in [0, 0.05) is 24.3 Å². The van der Waals surface area contributed by atoms with E-state index in [4.69, 9.17) is 11.6 Å². The second-order valence-electron chi connectivity index (χ2n) is 5.46. The van der Waals surface area contributed by atoms with Gasteiger partial charge in [0.05, 0.1) is 6.04 Å². The molecule has 5 nitrogen and oxygen atoms in total. The van der Waals surface area contributed by atoms with Gasteiger partial charge in [0.15, 0.2) is 0 Å². The van der Waals surface area contributed by atoms with E-state index in [1.807, 2.05) is 35.1 Å². The highest BCUT2D eigenvalue weighted by molar-refractivity contribution is 6.31. The highest BCUT2D eigenvalue weighted by Gasteiger charge is 2.17. The van der Waals surface area contributed by atoms with Crippen molar-refractivity contribution in [3.63, 3.8) is 0 Å². The van der Waals surface area contributed by atoms with Crippen molar-refractivity contribution in [1.29, 1.82) is 0 Å². The Morgan fingerprint density at radius 3 is 3.05 bits per heavy atom. The molecule has 0 spiro atoms. The standard InChI is InChI=1S/C16H19ClN4O/c17-14-6-2-1-4-12(14)10-19-16(22)15-7-9-21(20-15)13-5-3-8-18-11-13/h1-2,4,6-7,9,13,18H,3,5,8,10-11H2,(H,19,22). The second kappa shape index (κ2) is 6.94. The summed E-state index contributed by atoms with van der Waals surface area (Å²) >= 11 is 6.08. The molecule has 0 radical (unpaired) electrons. The zero-order valence-corrected chi connectivity index (χ0v) is 13.0. The van der Waals surface area contributed by atoms with Crippen molar-refractivity contribution in [2.24, 2.45) is 0 Å². The van der Waals surface area contributed by atoms with Crippen molar-refractivity contribution >= 4 is 17.5 Å². The maximum atomic E-state index is 12.2. The molecule has 0 bridgehead atoms. The number of carbonyl (C=O) groups excluding carboxylic acids is 1. The van der Waals surface area contributed by atoms with Crippen LogP contribution in [-0.4, -0.2) is 28.8 Å². The smallest absolute Gasteiger partial charge is 0.272 e. The lowest BCUT2D eigenvalue weighted by molar-refractivity contribution is 0.0944. The fourth-order valence-electron chi connectivity index (χ4n) is 2.63. The molecule has 1 aromatic carbocycles. The Balaban J connectivity index is 1.61. The minimum Gasteiger partial charge on any atom is -0.347 e. The summed E-state index contributed by atoms with van der Waals surface area (Å²) in [6.45, 7) is 2.36. The predicted molar refractivity (Wildman–Crippen MR) is 86.0 cm³/mol. The number of piperidine rings is 1. The average molecular weight is 319 g/mol. The molecule has 2 aromatic rings. The van der Waals surface area contributed by atoms with Gasteiger partial charge in [-0.25, -0.2) is 0 Å². The maximum absolute atomic E-state index is 12.2. The number of nitrogens with one attached hydrogen (secondary N) is 2. The van der Waals surface area contributed by atoms with Crippen LogP contribution in [0.3, 0.4) is 0 Å². The van der Waals surface area contributed by atoms with E-state index in [1.165, 1.54) is 0 Å². The lowest BCUT2D eigenvalue weighted by atomic mass is 10.1. The molecule has 1 fully saturated rings. The molecule has 0 aliphatic carbocycles. The summed E-state index contributed by atoms with van der Waals surface area (Å²) in [5.74, 6) is -0.178. The van der Waals surface area contributed by atoms with Crippen LogP contribution in [0.1, 0.15) is 34.9 Å². The number of hydrogen-bond donors (Lipinski definition) is 2. The maximum Gasteiger partial charge on any atom is 0.272 e. The Morgan fingerprint density at radius 2 is 2.27 bits per heavy atom. The summed E-state index contributed by atoms with van der Waals surface area (Å²) in [6.07, 6.45) is 4.11. The molecule has 1 atom stereocenters. The first-order valence-electron chi connectivity index (χ1n) is 7.51. The van der Waals surface area contributed by atoms with Crippen molar-refractivity contribution in [1.82, 2.24) is 20.4 Å². The Bertz CT molecular complexity index is 649. The summed E-state index contributed by atoms with van der Waals surface area (Å²) in [5, 5.41) is 11.3. The molecule has 1 amide bonds. The van der Waals surface area contributed by atoms with Crippen molar-refractivity contribution in [2.75, 3.05) is 13.1 Å². The van der Waals surface area contributed by atoms with Crippen LogP contribution in [0.15, 0.2) is 36.5 Å². The number of nitrogens with zero attached hydrogens (tertiary/aromatic N) is 2. The molecule has 116 valence electrons. The fraction of sp³-hybridized carbons (Fsp3) is 0.375. The number of carbonyl (C=O) groups is 1. The van der Waals surface area contributed by atoms with Crippen LogP contribution in [0.4, 0.5) is 0 Å². The molecule has 2 N–H and O–H groups in total. The summed E-state index contributed by atoms with van der Waals surface area (Å²) in [4.78, 5) is 12.2. The molecular weight excluding hydrogens is 300 g/mol. The van der Waals surface area contributed by atoms with Gasteiger partial charge in [0.25, 0.3) is 5.91 Å². The van der Waals surface area contributed by atoms with E-state index < -0.39 is 0 Å². The van der Waals surface area contributed by atoms with Gasteiger partial charge in [-0.2, -0.15) is 5.10 Å². The Labute approximate surface area is 134 Å². The first-order chi connectivity index (χ1) is 10.7. The van der Waals surface area contributed by atoms with Crippen LogP contribution in [0, 0.1) is 0 Å². The number of rotatable bonds is 4. The van der Waals surface area contributed by atoms with Crippen LogP contribution >= 0.6 is 11.6 Å². The summed E-state index contributed by atoms with van der Waals surface area (Å²) in [7, 11) is 0. The molecule has 2 heterocycles. The predicted octanol–water partition coefficient (Wildman–Crippen LogP) is 2.39. The number of aromatic nitrogens is 2. The third kappa shape index (κ3) is 3.48. The van der Waals surface area contributed by atoms with E-state index in [0.717, 1.165) is 31.5 Å². The van der Waals surface area contributed by atoms with E-state index in [9.17, 15) is 4.79 Å². The minimum absolute atomic E-state index is 0.178. The first-order valence-corrected chi connectivity index (χ1v) is 7.89. The van der Waals surface area contributed by atoms with E-state index in [-0.39, 0.29) is 5.91 Å². The number of amides is 1.